The van der Waals surface area contributed by atoms with E-state index in [1.807, 2.05) is 5.38 Å². The normalized spacial score (nSPS) is 12.1. The van der Waals surface area contributed by atoms with Crippen molar-refractivity contribution in [3.05, 3.63) is 11.6 Å². The van der Waals surface area contributed by atoms with Crippen molar-refractivity contribution in [3.8, 4) is 0 Å². The Kier molecular flexibility index (Phi) is 5.06. The number of amides is 1. The van der Waals surface area contributed by atoms with E-state index in [4.69, 9.17) is 4.74 Å². The van der Waals surface area contributed by atoms with Crippen molar-refractivity contribution in [2.75, 3.05) is 25.6 Å². The zero-order valence-corrected chi connectivity index (χ0v) is 9.63. The van der Waals surface area contributed by atoms with Crippen molar-refractivity contribution in [1.82, 2.24) is 10.3 Å². The fourth-order valence-corrected chi connectivity index (χ4v) is 1.59. The summed E-state index contributed by atoms with van der Waals surface area (Å²) in [5.74, 6) is -0.0535. The maximum absolute atomic E-state index is 11.5. The first-order valence-electron chi connectivity index (χ1n) is 4.66. The smallest absolute Gasteiger partial charge is 0.242 e. The minimum Gasteiger partial charge on any atom is -0.383 e. The molecule has 84 valence electrons. The van der Waals surface area contributed by atoms with Crippen molar-refractivity contribution in [1.29, 1.82) is 0 Å². The van der Waals surface area contributed by atoms with E-state index in [1.165, 1.54) is 11.3 Å². The second kappa shape index (κ2) is 6.36. The summed E-state index contributed by atoms with van der Waals surface area (Å²) in [6.07, 6.45) is 1.70. The molecule has 0 aromatic carbocycles. The number of carbonyl (C=O) groups excluding carboxylic acids is 1. The van der Waals surface area contributed by atoms with Gasteiger partial charge in [-0.2, -0.15) is 0 Å². The van der Waals surface area contributed by atoms with Crippen molar-refractivity contribution >= 4 is 22.4 Å². The van der Waals surface area contributed by atoms with Crippen molar-refractivity contribution in [2.45, 2.75) is 13.0 Å². The lowest BCUT2D eigenvalue weighted by Crippen LogP contribution is -2.38. The van der Waals surface area contributed by atoms with Gasteiger partial charge in [-0.3, -0.25) is 4.79 Å². The van der Waals surface area contributed by atoms with Crippen LogP contribution in [0.5, 0.6) is 0 Å². The Balaban J connectivity index is 2.27. The molecule has 0 aliphatic heterocycles. The summed E-state index contributed by atoms with van der Waals surface area (Å²) in [4.78, 5) is 15.5. The molecule has 1 atom stereocenters. The Bertz CT molecular complexity index is 290. The van der Waals surface area contributed by atoms with Crippen LogP contribution in [0, 0.1) is 0 Å². The molecule has 1 aromatic heterocycles. The molecule has 0 radical (unpaired) electrons. The SMILES string of the molecule is COCCNC(=O)C(C)Nc1nccs1. The number of nitrogens with zero attached hydrogens (tertiary/aromatic N) is 1. The maximum Gasteiger partial charge on any atom is 0.242 e. The summed E-state index contributed by atoms with van der Waals surface area (Å²) in [6.45, 7) is 2.85. The first-order valence-corrected chi connectivity index (χ1v) is 5.54. The van der Waals surface area contributed by atoms with Crippen LogP contribution in [0.2, 0.25) is 0 Å². The number of hydrogen-bond donors (Lipinski definition) is 2. The fourth-order valence-electron chi connectivity index (χ4n) is 0.975. The molecule has 0 fully saturated rings. The third kappa shape index (κ3) is 4.26. The summed E-state index contributed by atoms with van der Waals surface area (Å²) < 4.78 is 4.83. The second-order valence-corrected chi connectivity index (χ2v) is 3.88. The van der Waals surface area contributed by atoms with Gasteiger partial charge >= 0.3 is 0 Å². The second-order valence-electron chi connectivity index (χ2n) is 2.99. The van der Waals surface area contributed by atoms with Gasteiger partial charge in [0.15, 0.2) is 5.13 Å². The Hall–Kier alpha value is -1.14. The van der Waals surface area contributed by atoms with Gasteiger partial charge in [-0.1, -0.05) is 0 Å². The van der Waals surface area contributed by atoms with Crippen LogP contribution in [0.25, 0.3) is 0 Å². The Labute approximate surface area is 92.9 Å². The number of thiazole rings is 1. The monoisotopic (exact) mass is 229 g/mol. The summed E-state index contributed by atoms with van der Waals surface area (Å²) in [7, 11) is 1.60. The first-order chi connectivity index (χ1) is 7.24. The van der Waals surface area contributed by atoms with Gasteiger partial charge in [0.05, 0.1) is 6.61 Å². The molecule has 1 heterocycles. The molecule has 0 spiro atoms. The molecule has 2 N–H and O–H groups in total. The van der Waals surface area contributed by atoms with Gasteiger partial charge in [0.2, 0.25) is 5.91 Å². The van der Waals surface area contributed by atoms with Gasteiger partial charge in [-0.25, -0.2) is 4.98 Å². The molecule has 0 saturated heterocycles. The van der Waals surface area contributed by atoms with Crippen molar-refractivity contribution < 1.29 is 9.53 Å². The Morgan fingerprint density at radius 2 is 2.53 bits per heavy atom. The number of aromatic nitrogens is 1. The predicted octanol–water partition coefficient (Wildman–Crippen LogP) is 0.706. The highest BCUT2D eigenvalue weighted by Crippen LogP contribution is 2.11. The van der Waals surface area contributed by atoms with Crippen LogP contribution in [-0.2, 0) is 9.53 Å². The van der Waals surface area contributed by atoms with Crippen LogP contribution in [0.4, 0.5) is 5.13 Å². The predicted molar refractivity (Wildman–Crippen MR) is 60.1 cm³/mol. The van der Waals surface area contributed by atoms with Crippen LogP contribution in [0.1, 0.15) is 6.92 Å². The highest BCUT2D eigenvalue weighted by atomic mass is 32.1. The van der Waals surface area contributed by atoms with Gasteiger partial charge in [0.1, 0.15) is 6.04 Å². The average molecular weight is 229 g/mol. The molecule has 15 heavy (non-hydrogen) atoms. The molecule has 1 rings (SSSR count). The molecule has 0 aliphatic carbocycles. The van der Waals surface area contributed by atoms with E-state index in [0.717, 1.165) is 5.13 Å². The highest BCUT2D eigenvalue weighted by Gasteiger charge is 2.12. The standard InChI is InChI=1S/C9H15N3O2S/c1-7(8(13)10-3-5-14-2)12-9-11-4-6-15-9/h4,6-7H,3,5H2,1-2H3,(H,10,13)(H,11,12). The topological polar surface area (TPSA) is 63.2 Å². The third-order valence-electron chi connectivity index (χ3n) is 1.77. The van der Waals surface area contributed by atoms with E-state index in [2.05, 4.69) is 15.6 Å². The molecule has 1 unspecified atom stereocenters. The first kappa shape index (κ1) is 11.9. The molecule has 0 aliphatic rings. The van der Waals surface area contributed by atoms with Gasteiger partial charge in [0, 0.05) is 25.2 Å². The van der Waals surface area contributed by atoms with Gasteiger partial charge in [0.25, 0.3) is 0 Å². The molecular weight excluding hydrogens is 214 g/mol. The molecule has 0 bridgehead atoms. The lowest BCUT2D eigenvalue weighted by molar-refractivity contribution is -0.121. The fraction of sp³-hybridized carbons (Fsp3) is 0.556. The summed E-state index contributed by atoms with van der Waals surface area (Å²) in [6, 6.07) is -0.284. The minimum absolute atomic E-state index is 0.0535. The van der Waals surface area contributed by atoms with E-state index >= 15 is 0 Å². The molecule has 5 nitrogen and oxygen atoms in total. The van der Waals surface area contributed by atoms with Crippen LogP contribution >= 0.6 is 11.3 Å². The highest BCUT2D eigenvalue weighted by molar-refractivity contribution is 7.13. The van der Waals surface area contributed by atoms with Crippen molar-refractivity contribution in [3.63, 3.8) is 0 Å². The number of rotatable bonds is 6. The molecule has 1 aromatic rings. The van der Waals surface area contributed by atoms with E-state index in [-0.39, 0.29) is 11.9 Å². The third-order valence-corrected chi connectivity index (χ3v) is 2.48. The van der Waals surface area contributed by atoms with Gasteiger partial charge in [-0.05, 0) is 6.92 Å². The van der Waals surface area contributed by atoms with Crippen molar-refractivity contribution in [2.24, 2.45) is 0 Å². The summed E-state index contributed by atoms with van der Waals surface area (Å²) >= 11 is 1.47. The van der Waals surface area contributed by atoms with E-state index in [9.17, 15) is 4.79 Å². The average Bonchev–Trinajstić information content (AvgIpc) is 2.70. The van der Waals surface area contributed by atoms with Crippen LogP contribution in [0.3, 0.4) is 0 Å². The lowest BCUT2D eigenvalue weighted by atomic mass is 10.3. The molecule has 6 heteroatoms. The number of nitrogens with one attached hydrogen (secondary N) is 2. The number of methoxy groups -OCH3 is 1. The quantitative estimate of drug-likeness (QED) is 0.705. The molecule has 1 amide bonds. The maximum atomic E-state index is 11.5. The number of anilines is 1. The van der Waals surface area contributed by atoms with E-state index < -0.39 is 0 Å². The zero-order valence-electron chi connectivity index (χ0n) is 8.82. The summed E-state index contributed by atoms with van der Waals surface area (Å²) in [5.41, 5.74) is 0. The van der Waals surface area contributed by atoms with Crippen LogP contribution in [0.15, 0.2) is 11.6 Å². The Morgan fingerprint density at radius 3 is 3.13 bits per heavy atom. The lowest BCUT2D eigenvalue weighted by Gasteiger charge is -2.12. The Morgan fingerprint density at radius 1 is 1.73 bits per heavy atom. The molecule has 0 saturated carbocycles. The number of ether oxygens (including phenoxy) is 1. The minimum atomic E-state index is -0.284. The zero-order chi connectivity index (χ0) is 11.1. The van der Waals surface area contributed by atoms with E-state index in [0.29, 0.717) is 13.2 Å². The number of hydrogen-bond acceptors (Lipinski definition) is 5. The molecular formula is C9H15N3O2S. The summed E-state index contributed by atoms with van der Waals surface area (Å²) in [5, 5.41) is 8.36. The largest absolute Gasteiger partial charge is 0.383 e. The van der Waals surface area contributed by atoms with Crippen LogP contribution in [-0.4, -0.2) is 37.2 Å². The van der Waals surface area contributed by atoms with E-state index in [1.54, 1.807) is 20.2 Å². The van der Waals surface area contributed by atoms with Gasteiger partial charge in [-0.15, -0.1) is 11.3 Å². The number of carbonyl (C=O) groups is 1. The van der Waals surface area contributed by atoms with Gasteiger partial charge < -0.3 is 15.4 Å². The van der Waals surface area contributed by atoms with Crippen LogP contribution < -0.4 is 10.6 Å².